The molecule has 0 spiro atoms. The van der Waals surface area contributed by atoms with Crippen LogP contribution in [0.2, 0.25) is 0 Å². The van der Waals surface area contributed by atoms with E-state index in [0.29, 0.717) is 12.2 Å². The number of hydrogen-bond acceptors (Lipinski definition) is 1. The smallest absolute Gasteiger partial charge is 0.270 e. The highest BCUT2D eigenvalue weighted by molar-refractivity contribution is 9.10. The average Bonchev–Trinajstić information content (AvgIpc) is 2.77. The predicted molar refractivity (Wildman–Crippen MR) is 84.7 cm³/mol. The highest BCUT2D eigenvalue weighted by atomic mass is 79.9. The number of benzene rings is 1. The van der Waals surface area contributed by atoms with Gasteiger partial charge in [0.05, 0.1) is 0 Å². The van der Waals surface area contributed by atoms with Crippen LogP contribution in [0.5, 0.6) is 0 Å². The van der Waals surface area contributed by atoms with Crippen molar-refractivity contribution in [3.8, 4) is 0 Å². The Labute approximate surface area is 128 Å². The monoisotopic (exact) mass is 334 g/mol. The third kappa shape index (κ3) is 3.31. The van der Waals surface area contributed by atoms with Crippen molar-refractivity contribution in [2.45, 2.75) is 19.9 Å². The van der Waals surface area contributed by atoms with E-state index >= 15 is 0 Å². The van der Waals surface area contributed by atoms with Crippen LogP contribution in [0, 0.1) is 0 Å². The van der Waals surface area contributed by atoms with Gasteiger partial charge in [-0.2, -0.15) is 0 Å². The summed E-state index contributed by atoms with van der Waals surface area (Å²) in [6.07, 6.45) is 2.92. The van der Waals surface area contributed by atoms with Crippen molar-refractivity contribution < 1.29 is 4.79 Å². The predicted octanol–water partition coefficient (Wildman–Crippen LogP) is 3.62. The maximum Gasteiger partial charge on any atom is 0.270 e. The SMILES string of the molecule is CCc1ccc(CN(C)C(=O)c2cc(Br)cn2C)cc1. The zero-order valence-corrected chi connectivity index (χ0v) is 13.6. The second-order valence-corrected chi connectivity index (χ2v) is 5.90. The Morgan fingerprint density at radius 1 is 1.25 bits per heavy atom. The van der Waals surface area contributed by atoms with E-state index < -0.39 is 0 Å². The van der Waals surface area contributed by atoms with Gasteiger partial charge in [0, 0.05) is 31.3 Å². The minimum absolute atomic E-state index is 0.0257. The van der Waals surface area contributed by atoms with Crippen LogP contribution in [0.3, 0.4) is 0 Å². The molecule has 2 aromatic rings. The van der Waals surface area contributed by atoms with E-state index in [1.54, 1.807) is 4.90 Å². The van der Waals surface area contributed by atoms with Crippen molar-refractivity contribution >= 4 is 21.8 Å². The summed E-state index contributed by atoms with van der Waals surface area (Å²) in [5, 5.41) is 0. The van der Waals surface area contributed by atoms with E-state index in [2.05, 4.69) is 47.1 Å². The molecule has 106 valence electrons. The van der Waals surface area contributed by atoms with Crippen LogP contribution in [-0.2, 0) is 20.0 Å². The molecule has 0 atom stereocenters. The molecule has 0 aliphatic carbocycles. The lowest BCUT2D eigenvalue weighted by Gasteiger charge is -2.17. The van der Waals surface area contributed by atoms with Crippen LogP contribution in [-0.4, -0.2) is 22.4 Å². The standard InChI is InChI=1S/C16H19BrN2O/c1-4-12-5-7-13(8-6-12)10-19(3)16(20)15-9-14(17)11-18(15)2/h5-9,11H,4,10H2,1-3H3. The normalized spacial score (nSPS) is 10.6. The van der Waals surface area contributed by atoms with Gasteiger partial charge in [-0.25, -0.2) is 0 Å². The first-order valence-electron chi connectivity index (χ1n) is 6.66. The average molecular weight is 335 g/mol. The van der Waals surface area contributed by atoms with Gasteiger partial charge in [-0.3, -0.25) is 4.79 Å². The van der Waals surface area contributed by atoms with Gasteiger partial charge in [0.2, 0.25) is 0 Å². The molecule has 2 rings (SSSR count). The van der Waals surface area contributed by atoms with Gasteiger partial charge in [0.1, 0.15) is 5.69 Å². The first-order valence-corrected chi connectivity index (χ1v) is 7.45. The fourth-order valence-electron chi connectivity index (χ4n) is 2.16. The third-order valence-corrected chi connectivity index (χ3v) is 3.82. The van der Waals surface area contributed by atoms with Gasteiger partial charge in [-0.1, -0.05) is 31.2 Å². The first kappa shape index (κ1) is 14.9. The van der Waals surface area contributed by atoms with E-state index in [-0.39, 0.29) is 5.91 Å². The highest BCUT2D eigenvalue weighted by Crippen LogP contribution is 2.16. The van der Waals surface area contributed by atoms with Gasteiger partial charge in [0.15, 0.2) is 0 Å². The molecule has 3 nitrogen and oxygen atoms in total. The van der Waals surface area contributed by atoms with Crippen LogP contribution in [0.25, 0.3) is 0 Å². The van der Waals surface area contributed by atoms with Crippen LogP contribution in [0.1, 0.15) is 28.5 Å². The van der Waals surface area contributed by atoms with E-state index in [1.807, 2.05) is 30.9 Å². The molecule has 0 bridgehead atoms. The number of halogens is 1. The Hall–Kier alpha value is -1.55. The topological polar surface area (TPSA) is 25.2 Å². The molecule has 1 heterocycles. The summed E-state index contributed by atoms with van der Waals surface area (Å²) in [5.41, 5.74) is 3.14. The number of carbonyl (C=O) groups excluding carboxylic acids is 1. The van der Waals surface area contributed by atoms with Gasteiger partial charge < -0.3 is 9.47 Å². The zero-order chi connectivity index (χ0) is 14.7. The lowest BCUT2D eigenvalue weighted by Crippen LogP contribution is -2.27. The molecule has 0 N–H and O–H groups in total. The lowest BCUT2D eigenvalue weighted by atomic mass is 10.1. The third-order valence-electron chi connectivity index (χ3n) is 3.39. The molecule has 1 aromatic heterocycles. The Bertz CT molecular complexity index is 601. The zero-order valence-electron chi connectivity index (χ0n) is 12.1. The Balaban J connectivity index is 2.09. The molecular weight excluding hydrogens is 316 g/mol. The number of nitrogens with zero attached hydrogens (tertiary/aromatic N) is 2. The van der Waals surface area contributed by atoms with Crippen molar-refractivity contribution in [2.24, 2.45) is 7.05 Å². The molecule has 0 radical (unpaired) electrons. The maximum absolute atomic E-state index is 12.4. The highest BCUT2D eigenvalue weighted by Gasteiger charge is 2.15. The van der Waals surface area contributed by atoms with Crippen molar-refractivity contribution in [3.63, 3.8) is 0 Å². The molecule has 0 saturated carbocycles. The molecule has 1 amide bonds. The number of rotatable bonds is 4. The van der Waals surface area contributed by atoms with Crippen molar-refractivity contribution in [1.29, 1.82) is 0 Å². The summed E-state index contributed by atoms with van der Waals surface area (Å²) in [5.74, 6) is 0.0257. The van der Waals surface area contributed by atoms with Crippen LogP contribution < -0.4 is 0 Å². The fraction of sp³-hybridized carbons (Fsp3) is 0.312. The van der Waals surface area contributed by atoms with Gasteiger partial charge in [-0.15, -0.1) is 0 Å². The lowest BCUT2D eigenvalue weighted by molar-refractivity contribution is 0.0775. The van der Waals surface area contributed by atoms with E-state index in [4.69, 9.17) is 0 Å². The van der Waals surface area contributed by atoms with Crippen LogP contribution in [0.15, 0.2) is 41.0 Å². The Kier molecular flexibility index (Phi) is 4.65. The van der Waals surface area contributed by atoms with E-state index in [9.17, 15) is 4.79 Å². The summed E-state index contributed by atoms with van der Waals surface area (Å²) in [4.78, 5) is 14.1. The molecule has 0 aliphatic rings. The molecular formula is C16H19BrN2O. The van der Waals surface area contributed by atoms with Crippen LogP contribution >= 0.6 is 15.9 Å². The van der Waals surface area contributed by atoms with Crippen molar-refractivity contribution in [3.05, 3.63) is 57.8 Å². The van der Waals surface area contributed by atoms with Gasteiger partial charge >= 0.3 is 0 Å². The Morgan fingerprint density at radius 2 is 1.85 bits per heavy atom. The van der Waals surface area contributed by atoms with Crippen molar-refractivity contribution in [1.82, 2.24) is 9.47 Å². The van der Waals surface area contributed by atoms with E-state index in [1.165, 1.54) is 5.56 Å². The molecule has 0 fully saturated rings. The molecule has 0 aliphatic heterocycles. The van der Waals surface area contributed by atoms with Gasteiger partial charge in [0.25, 0.3) is 5.91 Å². The minimum Gasteiger partial charge on any atom is -0.345 e. The maximum atomic E-state index is 12.4. The second-order valence-electron chi connectivity index (χ2n) is 4.99. The minimum atomic E-state index is 0.0257. The molecule has 1 aromatic carbocycles. The molecule has 20 heavy (non-hydrogen) atoms. The number of carbonyl (C=O) groups is 1. The number of hydrogen-bond donors (Lipinski definition) is 0. The van der Waals surface area contributed by atoms with E-state index in [0.717, 1.165) is 16.5 Å². The summed E-state index contributed by atoms with van der Waals surface area (Å²) < 4.78 is 2.76. The number of aryl methyl sites for hydroxylation is 2. The van der Waals surface area contributed by atoms with Crippen molar-refractivity contribution in [2.75, 3.05) is 7.05 Å². The number of aromatic nitrogens is 1. The first-order chi connectivity index (χ1) is 9.51. The fourth-order valence-corrected chi connectivity index (χ4v) is 2.68. The largest absolute Gasteiger partial charge is 0.345 e. The Morgan fingerprint density at radius 3 is 2.35 bits per heavy atom. The summed E-state index contributed by atoms with van der Waals surface area (Å²) in [7, 11) is 3.71. The summed E-state index contributed by atoms with van der Waals surface area (Å²) >= 11 is 3.39. The summed E-state index contributed by atoms with van der Waals surface area (Å²) in [6, 6.07) is 10.3. The van der Waals surface area contributed by atoms with Gasteiger partial charge in [-0.05, 0) is 39.5 Å². The molecule has 0 unspecified atom stereocenters. The molecule has 0 saturated heterocycles. The summed E-state index contributed by atoms with van der Waals surface area (Å²) in [6.45, 7) is 2.75. The van der Waals surface area contributed by atoms with Crippen LogP contribution in [0.4, 0.5) is 0 Å². The number of amides is 1. The molecule has 4 heteroatoms. The quantitative estimate of drug-likeness (QED) is 0.838. The second kappa shape index (κ2) is 6.27.